The van der Waals surface area contributed by atoms with Crippen molar-refractivity contribution in [2.45, 2.75) is 13.3 Å². The van der Waals surface area contributed by atoms with E-state index in [-0.39, 0.29) is 25.5 Å². The summed E-state index contributed by atoms with van der Waals surface area (Å²) in [5, 5.41) is 9.16. The van der Waals surface area contributed by atoms with Gasteiger partial charge < -0.3 is 19.1 Å². The van der Waals surface area contributed by atoms with Gasteiger partial charge in [0.25, 0.3) is 0 Å². The van der Waals surface area contributed by atoms with Crippen molar-refractivity contribution in [3.8, 4) is 0 Å². The number of hydrogen-bond donors (Lipinski definition) is 1. The minimum Gasteiger partial charge on any atom is -0.481 e. The third-order valence-corrected chi connectivity index (χ3v) is 4.11. The molecule has 1 aliphatic heterocycles. The molecule has 1 fully saturated rings. The van der Waals surface area contributed by atoms with Gasteiger partial charge in [-0.1, -0.05) is 6.07 Å². The minimum absolute atomic E-state index is 0.106. The Morgan fingerprint density at radius 1 is 1.48 bits per heavy atom. The molecule has 1 unspecified atom stereocenters. The van der Waals surface area contributed by atoms with Crippen LogP contribution >= 0.6 is 0 Å². The summed E-state index contributed by atoms with van der Waals surface area (Å²) in [6.07, 6.45) is 3.77. The number of carboxylic acids is 1. The number of ether oxygens (including phenoxy) is 1. The number of carbonyl (C=O) groups is 2. The summed E-state index contributed by atoms with van der Waals surface area (Å²) in [5.41, 5.74) is 2.67. The number of carboxylic acid groups (broad SMARTS) is 1. The largest absolute Gasteiger partial charge is 0.481 e. The van der Waals surface area contributed by atoms with Gasteiger partial charge in [-0.05, 0) is 18.6 Å². The van der Waals surface area contributed by atoms with Crippen LogP contribution in [0.5, 0.6) is 0 Å². The van der Waals surface area contributed by atoms with Gasteiger partial charge in [-0.25, -0.2) is 4.98 Å². The van der Waals surface area contributed by atoms with Gasteiger partial charge in [0.2, 0.25) is 5.91 Å². The number of pyridine rings is 1. The fourth-order valence-corrected chi connectivity index (χ4v) is 2.79. The first kappa shape index (κ1) is 15.5. The van der Waals surface area contributed by atoms with Crippen molar-refractivity contribution >= 4 is 17.5 Å². The van der Waals surface area contributed by atoms with Crippen molar-refractivity contribution in [1.29, 1.82) is 0 Å². The average Bonchev–Trinajstić information content (AvgIpc) is 2.78. The highest BCUT2D eigenvalue weighted by Gasteiger charge is 2.27. The molecular formula is C16H19N3O4. The molecular weight excluding hydrogens is 298 g/mol. The highest BCUT2D eigenvalue weighted by Crippen LogP contribution is 2.14. The number of aliphatic carboxylic acids is 1. The van der Waals surface area contributed by atoms with Crippen LogP contribution in [0.2, 0.25) is 0 Å². The van der Waals surface area contributed by atoms with E-state index >= 15 is 0 Å². The molecule has 1 atom stereocenters. The molecule has 1 N–H and O–H groups in total. The maximum Gasteiger partial charge on any atom is 0.310 e. The van der Waals surface area contributed by atoms with Crippen LogP contribution in [-0.4, -0.2) is 57.6 Å². The molecule has 3 heterocycles. The topological polar surface area (TPSA) is 84.1 Å². The molecule has 0 bridgehead atoms. The van der Waals surface area contributed by atoms with E-state index in [1.54, 1.807) is 11.1 Å². The van der Waals surface area contributed by atoms with Crippen LogP contribution in [0.15, 0.2) is 24.5 Å². The zero-order valence-corrected chi connectivity index (χ0v) is 12.9. The molecule has 3 rings (SSSR count). The molecule has 0 aliphatic carbocycles. The molecule has 7 heteroatoms. The van der Waals surface area contributed by atoms with Gasteiger partial charge in [0.1, 0.15) is 5.65 Å². The van der Waals surface area contributed by atoms with Gasteiger partial charge in [-0.15, -0.1) is 0 Å². The summed E-state index contributed by atoms with van der Waals surface area (Å²) >= 11 is 0. The van der Waals surface area contributed by atoms with Crippen molar-refractivity contribution in [2.75, 3.05) is 26.3 Å². The van der Waals surface area contributed by atoms with Gasteiger partial charge in [-0.3, -0.25) is 9.59 Å². The van der Waals surface area contributed by atoms with E-state index < -0.39 is 11.9 Å². The van der Waals surface area contributed by atoms with Crippen LogP contribution in [0.3, 0.4) is 0 Å². The Hall–Kier alpha value is -2.41. The van der Waals surface area contributed by atoms with Crippen molar-refractivity contribution in [1.82, 2.24) is 14.3 Å². The number of rotatable bonds is 3. The Morgan fingerprint density at radius 2 is 2.30 bits per heavy atom. The first-order valence-electron chi connectivity index (χ1n) is 7.56. The Balaban J connectivity index is 1.77. The standard InChI is InChI=1S/C16H19N3O4/c1-11-3-2-4-19-13(8-17-15(11)19)7-14(20)18-5-6-23-10-12(9-18)16(21)22/h2-4,8,12H,5-7,9-10H2,1H3,(H,21,22). The number of hydrogen-bond acceptors (Lipinski definition) is 4. The second-order valence-electron chi connectivity index (χ2n) is 5.76. The van der Waals surface area contributed by atoms with Crippen LogP contribution in [0.1, 0.15) is 11.3 Å². The summed E-state index contributed by atoms with van der Waals surface area (Å²) in [4.78, 5) is 29.6. The van der Waals surface area contributed by atoms with E-state index in [2.05, 4.69) is 4.98 Å². The summed E-state index contributed by atoms with van der Waals surface area (Å²) in [7, 11) is 0. The predicted molar refractivity (Wildman–Crippen MR) is 82.2 cm³/mol. The number of fused-ring (bicyclic) bond motifs is 1. The highest BCUT2D eigenvalue weighted by molar-refractivity contribution is 5.80. The molecule has 1 saturated heterocycles. The third kappa shape index (κ3) is 3.19. The average molecular weight is 317 g/mol. The lowest BCUT2D eigenvalue weighted by atomic mass is 10.1. The smallest absolute Gasteiger partial charge is 0.310 e. The first-order valence-corrected chi connectivity index (χ1v) is 7.56. The van der Waals surface area contributed by atoms with Gasteiger partial charge in [-0.2, -0.15) is 0 Å². The van der Waals surface area contributed by atoms with Crippen molar-refractivity contribution in [2.24, 2.45) is 5.92 Å². The number of imidazole rings is 1. The summed E-state index contributed by atoms with van der Waals surface area (Å²) in [5.74, 6) is -1.72. The number of nitrogens with zero attached hydrogens (tertiary/aromatic N) is 3. The molecule has 1 aliphatic rings. The van der Waals surface area contributed by atoms with Crippen LogP contribution in [0, 0.1) is 12.8 Å². The molecule has 23 heavy (non-hydrogen) atoms. The van der Waals surface area contributed by atoms with E-state index in [0.717, 1.165) is 16.9 Å². The Labute approximate surface area is 133 Å². The first-order chi connectivity index (χ1) is 11.1. The Bertz CT molecular complexity index is 740. The van der Waals surface area contributed by atoms with Crippen molar-refractivity contribution < 1.29 is 19.4 Å². The highest BCUT2D eigenvalue weighted by atomic mass is 16.5. The van der Waals surface area contributed by atoms with Crippen LogP contribution < -0.4 is 0 Å². The monoisotopic (exact) mass is 317 g/mol. The quantitative estimate of drug-likeness (QED) is 0.903. The number of aryl methyl sites for hydroxylation is 1. The summed E-state index contributed by atoms with van der Waals surface area (Å²) in [6.45, 7) is 3.08. The van der Waals surface area contributed by atoms with E-state index in [9.17, 15) is 9.59 Å². The Morgan fingerprint density at radius 3 is 3.09 bits per heavy atom. The fraction of sp³-hybridized carbons (Fsp3) is 0.438. The number of carbonyl (C=O) groups excluding carboxylic acids is 1. The molecule has 0 aromatic carbocycles. The van der Waals surface area contributed by atoms with Crippen LogP contribution in [0.4, 0.5) is 0 Å². The minimum atomic E-state index is -0.935. The molecule has 2 aromatic heterocycles. The van der Waals surface area contributed by atoms with E-state index in [0.29, 0.717) is 13.2 Å². The summed E-state index contributed by atoms with van der Waals surface area (Å²) < 4.78 is 7.18. The van der Waals surface area contributed by atoms with Crippen LogP contribution in [-0.2, 0) is 20.7 Å². The Kier molecular flexibility index (Phi) is 4.29. The molecule has 1 amide bonds. The van der Waals surface area contributed by atoms with E-state index in [1.807, 2.05) is 29.7 Å². The maximum absolute atomic E-state index is 12.6. The molecule has 0 saturated carbocycles. The lowest BCUT2D eigenvalue weighted by Crippen LogP contribution is -2.39. The van der Waals surface area contributed by atoms with Gasteiger partial charge in [0.05, 0.1) is 31.2 Å². The third-order valence-electron chi connectivity index (χ3n) is 4.11. The normalized spacial score (nSPS) is 18.8. The SMILES string of the molecule is Cc1cccn2c(CC(=O)N3CCOCC(C(=O)O)C3)cnc12. The summed E-state index contributed by atoms with van der Waals surface area (Å²) in [6, 6.07) is 3.88. The molecule has 0 spiro atoms. The zero-order chi connectivity index (χ0) is 16.4. The van der Waals surface area contributed by atoms with Gasteiger partial charge >= 0.3 is 5.97 Å². The second-order valence-corrected chi connectivity index (χ2v) is 5.76. The lowest BCUT2D eigenvalue weighted by molar-refractivity contribution is -0.144. The molecule has 122 valence electrons. The zero-order valence-electron chi connectivity index (χ0n) is 12.9. The molecule has 0 radical (unpaired) electrons. The number of amides is 1. The number of aromatic nitrogens is 2. The van der Waals surface area contributed by atoms with E-state index in [1.165, 1.54) is 0 Å². The van der Waals surface area contributed by atoms with Crippen molar-refractivity contribution in [3.05, 3.63) is 35.8 Å². The lowest BCUT2D eigenvalue weighted by Gasteiger charge is -2.21. The predicted octanol–water partition coefficient (Wildman–Crippen LogP) is 0.745. The fourth-order valence-electron chi connectivity index (χ4n) is 2.79. The van der Waals surface area contributed by atoms with Crippen LogP contribution in [0.25, 0.3) is 5.65 Å². The van der Waals surface area contributed by atoms with Gasteiger partial charge in [0, 0.05) is 25.5 Å². The maximum atomic E-state index is 12.6. The second kappa shape index (κ2) is 6.37. The van der Waals surface area contributed by atoms with Crippen molar-refractivity contribution in [3.63, 3.8) is 0 Å². The van der Waals surface area contributed by atoms with E-state index in [4.69, 9.17) is 9.84 Å². The molecule has 2 aromatic rings. The van der Waals surface area contributed by atoms with Gasteiger partial charge in [0.15, 0.2) is 0 Å². The molecule has 7 nitrogen and oxygen atoms in total.